The Morgan fingerprint density at radius 3 is 1.48 bits per heavy atom. The zero-order valence-electron chi connectivity index (χ0n) is 20.3. The summed E-state index contributed by atoms with van der Waals surface area (Å²) >= 11 is 0. The molecule has 184 valence electrons. The summed E-state index contributed by atoms with van der Waals surface area (Å²) in [5.41, 5.74) is 2.17. The molecule has 2 aromatic carbocycles. The Bertz CT molecular complexity index is 783. The Balaban J connectivity index is 0.00000125. The second kappa shape index (κ2) is 15.0. The van der Waals surface area contributed by atoms with Crippen LogP contribution in [0.3, 0.4) is 0 Å². The third-order valence-electron chi connectivity index (χ3n) is 5.02. The van der Waals surface area contributed by atoms with E-state index in [1.54, 1.807) is 26.4 Å². The fraction of sp³-hybridized carbons (Fsp3) is 0.500. The molecule has 7 heteroatoms. The highest BCUT2D eigenvalue weighted by atomic mass is 16.5. The molecular formula is C26H38O7. The van der Waals surface area contributed by atoms with E-state index in [4.69, 9.17) is 24.1 Å². The number of carboxylic acid groups (broad SMARTS) is 1. The number of hydrogen-bond donors (Lipinski definition) is 3. The average Bonchev–Trinajstić information content (AvgIpc) is 2.76. The minimum atomic E-state index is -0.833. The standard InChI is InChI=1S/C24H34O5.C2H4O2/c1-5-7-19(13-17-9-11-21(25)23(15-17)27-3)29-20(8-6-2)14-18-10-12-22(26)24(16-18)28-4;1-2(3)4/h9-12,15-16,19-20,25-26H,5-8,13-14H2,1-4H3;1H3,(H,3,4). The van der Waals surface area contributed by atoms with Crippen LogP contribution in [0, 0.1) is 0 Å². The van der Waals surface area contributed by atoms with Gasteiger partial charge in [0.05, 0.1) is 26.4 Å². The minimum absolute atomic E-state index is 0.0878. The number of phenolic OH excluding ortho intramolecular Hbond substituents is 2. The van der Waals surface area contributed by atoms with Crippen LogP contribution in [0.5, 0.6) is 23.0 Å². The van der Waals surface area contributed by atoms with Gasteiger partial charge in [0, 0.05) is 6.92 Å². The molecule has 2 aromatic rings. The molecule has 0 saturated heterocycles. The largest absolute Gasteiger partial charge is 0.504 e. The molecule has 0 saturated carbocycles. The Morgan fingerprint density at radius 1 is 0.818 bits per heavy atom. The fourth-order valence-corrected chi connectivity index (χ4v) is 3.58. The third kappa shape index (κ3) is 10.5. The molecule has 0 aliphatic rings. The van der Waals surface area contributed by atoms with Crippen LogP contribution in [0.1, 0.15) is 57.6 Å². The topological polar surface area (TPSA) is 105 Å². The Labute approximate surface area is 196 Å². The van der Waals surface area contributed by atoms with Crippen molar-refractivity contribution >= 4 is 5.97 Å². The van der Waals surface area contributed by atoms with Crippen LogP contribution in [0.25, 0.3) is 0 Å². The number of rotatable bonds is 12. The van der Waals surface area contributed by atoms with E-state index in [0.717, 1.165) is 56.6 Å². The number of ether oxygens (including phenoxy) is 3. The number of carboxylic acids is 1. The smallest absolute Gasteiger partial charge is 0.300 e. The van der Waals surface area contributed by atoms with Crippen LogP contribution in [-0.4, -0.2) is 47.7 Å². The molecule has 0 aliphatic heterocycles. The summed E-state index contributed by atoms with van der Waals surface area (Å²) in [6.07, 6.45) is 5.70. The van der Waals surface area contributed by atoms with Crippen molar-refractivity contribution in [1.82, 2.24) is 0 Å². The highest BCUT2D eigenvalue weighted by Crippen LogP contribution is 2.29. The number of aromatic hydroxyl groups is 2. The number of phenols is 2. The van der Waals surface area contributed by atoms with Crippen LogP contribution in [0.2, 0.25) is 0 Å². The lowest BCUT2D eigenvalue weighted by Gasteiger charge is -2.25. The van der Waals surface area contributed by atoms with Crippen molar-refractivity contribution < 1.29 is 34.3 Å². The van der Waals surface area contributed by atoms with Crippen LogP contribution >= 0.6 is 0 Å². The van der Waals surface area contributed by atoms with Crippen molar-refractivity contribution in [3.8, 4) is 23.0 Å². The molecule has 2 unspecified atom stereocenters. The van der Waals surface area contributed by atoms with Gasteiger partial charge in [-0.15, -0.1) is 0 Å². The zero-order chi connectivity index (χ0) is 24.8. The van der Waals surface area contributed by atoms with Gasteiger partial charge in [0.25, 0.3) is 5.97 Å². The van der Waals surface area contributed by atoms with Crippen molar-refractivity contribution in [3.05, 3.63) is 47.5 Å². The lowest BCUT2D eigenvalue weighted by atomic mass is 10.0. The molecule has 0 bridgehead atoms. The van der Waals surface area contributed by atoms with Crippen molar-refractivity contribution in [3.63, 3.8) is 0 Å². The first kappa shape index (κ1) is 28.1. The molecule has 0 heterocycles. The first-order chi connectivity index (χ1) is 15.7. The van der Waals surface area contributed by atoms with Crippen molar-refractivity contribution in [1.29, 1.82) is 0 Å². The molecule has 33 heavy (non-hydrogen) atoms. The Kier molecular flexibility index (Phi) is 12.8. The number of methoxy groups -OCH3 is 2. The minimum Gasteiger partial charge on any atom is -0.504 e. The predicted octanol–water partition coefficient (Wildman–Crippen LogP) is 5.35. The van der Waals surface area contributed by atoms with Crippen LogP contribution < -0.4 is 9.47 Å². The van der Waals surface area contributed by atoms with Crippen molar-refractivity contribution in [2.24, 2.45) is 0 Å². The van der Waals surface area contributed by atoms with E-state index in [2.05, 4.69) is 13.8 Å². The van der Waals surface area contributed by atoms with Gasteiger partial charge in [0.1, 0.15) is 0 Å². The molecule has 2 rings (SSSR count). The van der Waals surface area contributed by atoms with E-state index in [0.29, 0.717) is 11.5 Å². The zero-order valence-corrected chi connectivity index (χ0v) is 20.3. The van der Waals surface area contributed by atoms with Gasteiger partial charge >= 0.3 is 0 Å². The average molecular weight is 463 g/mol. The predicted molar refractivity (Wildman–Crippen MR) is 129 cm³/mol. The number of carbonyl (C=O) groups is 1. The van der Waals surface area contributed by atoms with Gasteiger partial charge in [-0.1, -0.05) is 38.8 Å². The first-order valence-electron chi connectivity index (χ1n) is 11.3. The molecule has 0 radical (unpaired) electrons. The molecule has 0 fully saturated rings. The third-order valence-corrected chi connectivity index (χ3v) is 5.02. The summed E-state index contributed by atoms with van der Waals surface area (Å²) < 4.78 is 17.0. The van der Waals surface area contributed by atoms with Crippen molar-refractivity contribution in [2.75, 3.05) is 14.2 Å². The van der Waals surface area contributed by atoms with Gasteiger partial charge in [0.2, 0.25) is 0 Å². The van der Waals surface area contributed by atoms with E-state index in [-0.39, 0.29) is 23.7 Å². The molecule has 0 aliphatic carbocycles. The summed E-state index contributed by atoms with van der Waals surface area (Å²) in [4.78, 5) is 9.00. The molecule has 0 aromatic heterocycles. The number of benzene rings is 2. The molecule has 3 N–H and O–H groups in total. The van der Waals surface area contributed by atoms with E-state index in [1.807, 2.05) is 24.3 Å². The number of aliphatic carboxylic acids is 1. The highest BCUT2D eigenvalue weighted by Gasteiger charge is 2.18. The maximum atomic E-state index is 9.83. The summed E-state index contributed by atoms with van der Waals surface area (Å²) in [5.74, 6) is 0.432. The Morgan fingerprint density at radius 2 is 1.18 bits per heavy atom. The molecular weight excluding hydrogens is 424 g/mol. The van der Waals surface area contributed by atoms with Gasteiger partial charge in [-0.05, 0) is 61.1 Å². The van der Waals surface area contributed by atoms with E-state index >= 15 is 0 Å². The Hall–Kier alpha value is -2.93. The van der Waals surface area contributed by atoms with Crippen LogP contribution in [-0.2, 0) is 22.4 Å². The van der Waals surface area contributed by atoms with Gasteiger partial charge in [-0.3, -0.25) is 4.79 Å². The van der Waals surface area contributed by atoms with Crippen LogP contribution in [0.4, 0.5) is 0 Å². The SMILES string of the molecule is CC(=O)O.CCCC(Cc1ccc(O)c(OC)c1)OC(CCC)Cc1ccc(O)c(OC)c1. The summed E-state index contributed by atoms with van der Waals surface area (Å²) in [6.45, 7) is 5.40. The van der Waals surface area contributed by atoms with Gasteiger partial charge < -0.3 is 29.5 Å². The monoisotopic (exact) mass is 462 g/mol. The lowest BCUT2D eigenvalue weighted by Crippen LogP contribution is -2.26. The quantitative estimate of drug-likeness (QED) is 0.391. The molecule has 2 atom stereocenters. The maximum absolute atomic E-state index is 9.83. The molecule has 7 nitrogen and oxygen atoms in total. The highest BCUT2D eigenvalue weighted by molar-refractivity contribution is 5.62. The molecule has 0 amide bonds. The van der Waals surface area contributed by atoms with E-state index in [1.165, 1.54) is 0 Å². The van der Waals surface area contributed by atoms with Gasteiger partial charge in [-0.2, -0.15) is 0 Å². The second-order valence-electron chi connectivity index (χ2n) is 7.90. The van der Waals surface area contributed by atoms with E-state index in [9.17, 15) is 10.2 Å². The van der Waals surface area contributed by atoms with Gasteiger partial charge in [0.15, 0.2) is 23.0 Å². The van der Waals surface area contributed by atoms with Crippen LogP contribution in [0.15, 0.2) is 36.4 Å². The number of hydrogen-bond acceptors (Lipinski definition) is 6. The summed E-state index contributed by atoms with van der Waals surface area (Å²) in [7, 11) is 3.12. The van der Waals surface area contributed by atoms with Gasteiger partial charge in [-0.25, -0.2) is 0 Å². The van der Waals surface area contributed by atoms with E-state index < -0.39 is 5.97 Å². The normalized spacial score (nSPS) is 12.3. The maximum Gasteiger partial charge on any atom is 0.300 e. The summed E-state index contributed by atoms with van der Waals surface area (Å²) in [6, 6.07) is 10.9. The summed E-state index contributed by atoms with van der Waals surface area (Å²) in [5, 5.41) is 27.1. The van der Waals surface area contributed by atoms with Crippen molar-refractivity contribution in [2.45, 2.75) is 71.5 Å². The second-order valence-corrected chi connectivity index (χ2v) is 7.90. The first-order valence-corrected chi connectivity index (χ1v) is 11.3. The fourth-order valence-electron chi connectivity index (χ4n) is 3.58. The lowest BCUT2D eigenvalue weighted by molar-refractivity contribution is -0.134. The molecule has 0 spiro atoms.